The van der Waals surface area contributed by atoms with E-state index in [1.165, 1.54) is 0 Å². The van der Waals surface area contributed by atoms with Gasteiger partial charge in [0, 0.05) is 12.6 Å². The molecule has 0 unspecified atom stereocenters. The molecule has 0 aliphatic heterocycles. The lowest BCUT2D eigenvalue weighted by atomic mass is 10.0. The van der Waals surface area contributed by atoms with Crippen LogP contribution in [0.25, 0.3) is 11.3 Å². The predicted octanol–water partition coefficient (Wildman–Crippen LogP) is 2.64. The molecule has 0 saturated heterocycles. The molecule has 1 saturated carbocycles. The molecule has 0 bridgehead atoms. The van der Waals surface area contributed by atoms with Crippen molar-refractivity contribution in [2.75, 3.05) is 0 Å². The van der Waals surface area contributed by atoms with Crippen molar-refractivity contribution >= 4 is 0 Å². The van der Waals surface area contributed by atoms with E-state index in [9.17, 15) is 5.26 Å². The van der Waals surface area contributed by atoms with Crippen molar-refractivity contribution in [3.63, 3.8) is 0 Å². The molecule has 1 fully saturated rings. The summed E-state index contributed by atoms with van der Waals surface area (Å²) in [6.45, 7) is 0. The largest absolute Gasteiger partial charge is 0.270 e. The smallest absolute Gasteiger partial charge is 0.0991 e. The van der Waals surface area contributed by atoms with Crippen LogP contribution in [0.15, 0.2) is 36.4 Å². The van der Waals surface area contributed by atoms with Gasteiger partial charge >= 0.3 is 0 Å². The Bertz CT molecular complexity index is 586. The molecule has 1 aromatic heterocycles. The average molecular weight is 223 g/mol. The van der Waals surface area contributed by atoms with Gasteiger partial charge in [0.15, 0.2) is 0 Å². The van der Waals surface area contributed by atoms with Crippen LogP contribution in [0.1, 0.15) is 18.5 Å². The maximum absolute atomic E-state index is 9.22. The minimum Gasteiger partial charge on any atom is -0.270 e. The van der Waals surface area contributed by atoms with E-state index in [0.29, 0.717) is 0 Å². The van der Waals surface area contributed by atoms with Gasteiger partial charge in [-0.25, -0.2) is 0 Å². The summed E-state index contributed by atoms with van der Waals surface area (Å²) >= 11 is 0. The SMILES string of the molecule is Cn1nc(-c2ccccc2)cc1C1(C#N)CC1. The summed E-state index contributed by atoms with van der Waals surface area (Å²) in [6.07, 6.45) is 1.91. The maximum atomic E-state index is 9.22. The van der Waals surface area contributed by atoms with Gasteiger partial charge in [0.25, 0.3) is 0 Å². The lowest BCUT2D eigenvalue weighted by molar-refractivity contribution is 0.676. The van der Waals surface area contributed by atoms with Crippen LogP contribution in [0.3, 0.4) is 0 Å². The lowest BCUT2D eigenvalue weighted by Gasteiger charge is -2.04. The Morgan fingerprint density at radius 3 is 2.59 bits per heavy atom. The third-order valence-electron chi connectivity index (χ3n) is 3.40. The van der Waals surface area contributed by atoms with Crippen LogP contribution in [0.4, 0.5) is 0 Å². The van der Waals surface area contributed by atoms with E-state index in [1.54, 1.807) is 0 Å². The number of benzene rings is 1. The molecular weight excluding hydrogens is 210 g/mol. The highest BCUT2D eigenvalue weighted by atomic mass is 15.3. The second-order valence-corrected chi connectivity index (χ2v) is 4.60. The Hall–Kier alpha value is -2.08. The minimum atomic E-state index is -0.269. The molecule has 1 aromatic carbocycles. The average Bonchev–Trinajstić information content (AvgIpc) is 3.07. The number of nitrogens with zero attached hydrogens (tertiary/aromatic N) is 3. The molecule has 1 aliphatic rings. The van der Waals surface area contributed by atoms with E-state index >= 15 is 0 Å². The van der Waals surface area contributed by atoms with Crippen molar-refractivity contribution in [2.45, 2.75) is 18.3 Å². The summed E-state index contributed by atoms with van der Waals surface area (Å²) in [7, 11) is 1.92. The third kappa shape index (κ3) is 1.53. The topological polar surface area (TPSA) is 41.6 Å². The van der Waals surface area contributed by atoms with E-state index in [2.05, 4.69) is 11.2 Å². The quantitative estimate of drug-likeness (QED) is 0.785. The van der Waals surface area contributed by atoms with E-state index in [1.807, 2.05) is 48.1 Å². The van der Waals surface area contributed by atoms with Crippen LogP contribution in [-0.4, -0.2) is 9.78 Å². The Morgan fingerprint density at radius 2 is 2.00 bits per heavy atom. The zero-order chi connectivity index (χ0) is 11.9. The summed E-state index contributed by atoms with van der Waals surface area (Å²) in [5, 5.41) is 13.7. The first-order valence-electron chi connectivity index (χ1n) is 5.76. The van der Waals surface area contributed by atoms with Crippen LogP contribution < -0.4 is 0 Å². The monoisotopic (exact) mass is 223 g/mol. The summed E-state index contributed by atoms with van der Waals surface area (Å²) in [4.78, 5) is 0. The fourth-order valence-electron chi connectivity index (χ4n) is 2.22. The summed E-state index contributed by atoms with van der Waals surface area (Å²) in [6, 6.07) is 14.5. The van der Waals surface area contributed by atoms with E-state index < -0.39 is 0 Å². The number of aromatic nitrogens is 2. The summed E-state index contributed by atoms with van der Waals surface area (Å²) < 4.78 is 1.85. The van der Waals surface area contributed by atoms with Gasteiger partial charge in [0.2, 0.25) is 0 Å². The molecule has 3 nitrogen and oxygen atoms in total. The normalized spacial score (nSPS) is 16.5. The Kier molecular flexibility index (Phi) is 2.05. The highest BCUT2D eigenvalue weighted by Gasteiger charge is 2.47. The van der Waals surface area contributed by atoms with Crippen LogP contribution in [0.5, 0.6) is 0 Å². The predicted molar refractivity (Wildman–Crippen MR) is 65.2 cm³/mol. The molecule has 1 heterocycles. The summed E-state index contributed by atoms with van der Waals surface area (Å²) in [5.74, 6) is 0. The Balaban J connectivity index is 2.06. The molecule has 0 amide bonds. The zero-order valence-electron chi connectivity index (χ0n) is 9.72. The van der Waals surface area contributed by atoms with Gasteiger partial charge in [-0.1, -0.05) is 30.3 Å². The third-order valence-corrected chi connectivity index (χ3v) is 3.40. The highest BCUT2D eigenvalue weighted by molar-refractivity contribution is 5.60. The standard InChI is InChI=1S/C14H13N3/c1-17-13(14(10-15)7-8-14)9-12(16-17)11-5-3-2-4-6-11/h2-6,9H,7-8H2,1H3. The number of nitriles is 1. The molecule has 0 radical (unpaired) electrons. The molecular formula is C14H13N3. The molecule has 84 valence electrons. The zero-order valence-corrected chi connectivity index (χ0v) is 9.72. The molecule has 0 spiro atoms. The first-order chi connectivity index (χ1) is 8.25. The highest BCUT2D eigenvalue weighted by Crippen LogP contribution is 2.47. The van der Waals surface area contributed by atoms with Gasteiger partial charge in [-0.05, 0) is 18.9 Å². The molecule has 0 N–H and O–H groups in total. The van der Waals surface area contributed by atoms with Crippen molar-refractivity contribution in [1.29, 1.82) is 5.26 Å². The Morgan fingerprint density at radius 1 is 1.29 bits per heavy atom. The van der Waals surface area contributed by atoms with Gasteiger partial charge in [-0.3, -0.25) is 4.68 Å². The Labute approximate surface area is 100 Å². The van der Waals surface area contributed by atoms with Gasteiger partial charge in [0.05, 0.1) is 22.9 Å². The van der Waals surface area contributed by atoms with Crippen molar-refractivity contribution in [3.8, 4) is 17.3 Å². The number of hydrogen-bond acceptors (Lipinski definition) is 2. The van der Waals surface area contributed by atoms with E-state index in [4.69, 9.17) is 0 Å². The molecule has 0 atom stereocenters. The van der Waals surface area contributed by atoms with Crippen molar-refractivity contribution < 1.29 is 0 Å². The van der Waals surface area contributed by atoms with Crippen LogP contribution >= 0.6 is 0 Å². The first kappa shape index (κ1) is 10.1. The number of aryl methyl sites for hydroxylation is 1. The maximum Gasteiger partial charge on any atom is 0.0991 e. The molecule has 2 aromatic rings. The molecule has 3 rings (SSSR count). The van der Waals surface area contributed by atoms with Crippen molar-refractivity contribution in [1.82, 2.24) is 9.78 Å². The van der Waals surface area contributed by atoms with Crippen LogP contribution in [0.2, 0.25) is 0 Å². The van der Waals surface area contributed by atoms with Crippen molar-refractivity contribution in [3.05, 3.63) is 42.1 Å². The first-order valence-corrected chi connectivity index (χ1v) is 5.76. The summed E-state index contributed by atoms with van der Waals surface area (Å²) in [5.41, 5.74) is 2.82. The second kappa shape index (κ2) is 3.46. The lowest BCUT2D eigenvalue weighted by Crippen LogP contribution is -2.09. The van der Waals surface area contributed by atoms with Gasteiger partial charge < -0.3 is 0 Å². The van der Waals surface area contributed by atoms with Gasteiger partial charge in [-0.15, -0.1) is 0 Å². The second-order valence-electron chi connectivity index (χ2n) is 4.60. The van der Waals surface area contributed by atoms with E-state index in [-0.39, 0.29) is 5.41 Å². The van der Waals surface area contributed by atoms with Crippen LogP contribution in [0, 0.1) is 11.3 Å². The van der Waals surface area contributed by atoms with Crippen molar-refractivity contribution in [2.24, 2.45) is 7.05 Å². The fourth-order valence-corrected chi connectivity index (χ4v) is 2.22. The number of rotatable bonds is 2. The fraction of sp³-hybridized carbons (Fsp3) is 0.286. The molecule has 1 aliphatic carbocycles. The van der Waals surface area contributed by atoms with Gasteiger partial charge in [0.1, 0.15) is 0 Å². The molecule has 3 heteroatoms. The minimum absolute atomic E-state index is 0.269. The molecule has 17 heavy (non-hydrogen) atoms. The number of hydrogen-bond donors (Lipinski definition) is 0. The van der Waals surface area contributed by atoms with E-state index in [0.717, 1.165) is 29.8 Å². The van der Waals surface area contributed by atoms with Crippen LogP contribution in [-0.2, 0) is 12.5 Å². The van der Waals surface area contributed by atoms with Gasteiger partial charge in [-0.2, -0.15) is 10.4 Å².